The fourth-order valence-corrected chi connectivity index (χ4v) is 3.80. The van der Waals surface area contributed by atoms with Crippen LogP contribution in [0.25, 0.3) is 0 Å². The summed E-state index contributed by atoms with van der Waals surface area (Å²) in [6.45, 7) is 3.74. The Balaban J connectivity index is 1.50. The molecule has 7 heteroatoms. The molecule has 2 amide bonds. The summed E-state index contributed by atoms with van der Waals surface area (Å²) >= 11 is 6.04. The van der Waals surface area contributed by atoms with Crippen LogP contribution in [0.3, 0.4) is 0 Å². The lowest BCUT2D eigenvalue weighted by Gasteiger charge is -2.32. The van der Waals surface area contributed by atoms with Crippen molar-refractivity contribution in [3.63, 3.8) is 0 Å². The molecule has 1 saturated heterocycles. The summed E-state index contributed by atoms with van der Waals surface area (Å²) in [6, 6.07) is 12.5. The van der Waals surface area contributed by atoms with Gasteiger partial charge >= 0.3 is 0 Å². The number of methoxy groups -OCH3 is 1. The SMILES string of the molecule is CCOc1ccc(C(=O)N2CCC(NC(=O)Cc3cc(Cl)ccc3OC)CC2)cc1. The molecule has 0 radical (unpaired) electrons. The number of hydrogen-bond acceptors (Lipinski definition) is 4. The molecule has 0 saturated carbocycles. The molecule has 1 aliphatic heterocycles. The summed E-state index contributed by atoms with van der Waals surface area (Å²) in [5.41, 5.74) is 1.40. The molecular formula is C23H27ClN2O4. The van der Waals surface area contributed by atoms with Gasteiger partial charge in [0.2, 0.25) is 5.91 Å². The average Bonchev–Trinajstić information content (AvgIpc) is 2.75. The van der Waals surface area contributed by atoms with Crippen molar-refractivity contribution < 1.29 is 19.1 Å². The minimum Gasteiger partial charge on any atom is -0.496 e. The van der Waals surface area contributed by atoms with Gasteiger partial charge in [-0.15, -0.1) is 0 Å². The zero-order valence-corrected chi connectivity index (χ0v) is 18.1. The van der Waals surface area contributed by atoms with Gasteiger partial charge < -0.3 is 19.7 Å². The molecule has 0 unspecified atom stereocenters. The Morgan fingerprint density at radius 1 is 1.13 bits per heavy atom. The van der Waals surface area contributed by atoms with E-state index in [4.69, 9.17) is 21.1 Å². The molecule has 2 aromatic rings. The summed E-state index contributed by atoms with van der Waals surface area (Å²) in [5, 5.41) is 3.64. The molecule has 0 atom stereocenters. The van der Waals surface area contributed by atoms with E-state index < -0.39 is 0 Å². The van der Waals surface area contributed by atoms with E-state index in [0.29, 0.717) is 36.0 Å². The van der Waals surface area contributed by atoms with Gasteiger partial charge in [-0.05, 0) is 62.2 Å². The van der Waals surface area contributed by atoms with Crippen LogP contribution in [0.5, 0.6) is 11.5 Å². The maximum atomic E-state index is 12.7. The van der Waals surface area contributed by atoms with E-state index in [9.17, 15) is 9.59 Å². The first-order chi connectivity index (χ1) is 14.5. The Kier molecular flexibility index (Phi) is 7.57. The van der Waals surface area contributed by atoms with E-state index in [1.807, 2.05) is 24.0 Å². The first-order valence-electron chi connectivity index (χ1n) is 10.1. The lowest BCUT2D eigenvalue weighted by atomic mass is 10.0. The van der Waals surface area contributed by atoms with Crippen LogP contribution in [0.1, 0.15) is 35.7 Å². The second kappa shape index (κ2) is 10.3. The lowest BCUT2D eigenvalue weighted by molar-refractivity contribution is -0.121. The van der Waals surface area contributed by atoms with Gasteiger partial charge in [0, 0.05) is 35.3 Å². The summed E-state index contributed by atoms with van der Waals surface area (Å²) in [4.78, 5) is 27.0. The average molecular weight is 431 g/mol. The van der Waals surface area contributed by atoms with E-state index in [2.05, 4.69) is 5.32 Å². The number of piperidine rings is 1. The van der Waals surface area contributed by atoms with Gasteiger partial charge in [-0.1, -0.05) is 11.6 Å². The number of carbonyl (C=O) groups is 2. The number of nitrogens with one attached hydrogen (secondary N) is 1. The highest BCUT2D eigenvalue weighted by Crippen LogP contribution is 2.23. The predicted octanol–water partition coefficient (Wildman–Crippen LogP) is 3.71. The van der Waals surface area contributed by atoms with Gasteiger partial charge in [0.1, 0.15) is 11.5 Å². The molecule has 0 aliphatic carbocycles. The van der Waals surface area contributed by atoms with Gasteiger partial charge in [-0.25, -0.2) is 0 Å². The standard InChI is InChI=1S/C23H27ClN2O4/c1-3-30-20-7-4-16(5-8-20)23(28)26-12-10-19(11-13-26)25-22(27)15-17-14-18(24)6-9-21(17)29-2/h4-9,14,19H,3,10-13,15H2,1-2H3,(H,25,27). The van der Waals surface area contributed by atoms with E-state index in [0.717, 1.165) is 24.2 Å². The highest BCUT2D eigenvalue weighted by atomic mass is 35.5. The monoisotopic (exact) mass is 430 g/mol. The summed E-state index contributed by atoms with van der Waals surface area (Å²) in [5.74, 6) is 1.33. The molecule has 30 heavy (non-hydrogen) atoms. The first-order valence-corrected chi connectivity index (χ1v) is 10.5. The number of amides is 2. The van der Waals surface area contributed by atoms with Crippen molar-refractivity contribution in [3.05, 3.63) is 58.6 Å². The molecule has 1 heterocycles. The zero-order valence-electron chi connectivity index (χ0n) is 17.3. The molecule has 0 aromatic heterocycles. The topological polar surface area (TPSA) is 67.9 Å². The molecule has 6 nitrogen and oxygen atoms in total. The van der Waals surface area contributed by atoms with E-state index in [1.165, 1.54) is 0 Å². The fourth-order valence-electron chi connectivity index (χ4n) is 3.61. The maximum Gasteiger partial charge on any atom is 0.253 e. The molecule has 1 aliphatic rings. The summed E-state index contributed by atoms with van der Waals surface area (Å²) in [6.07, 6.45) is 1.65. The highest BCUT2D eigenvalue weighted by molar-refractivity contribution is 6.30. The number of benzene rings is 2. The first kappa shape index (κ1) is 22.0. The highest BCUT2D eigenvalue weighted by Gasteiger charge is 2.25. The van der Waals surface area contributed by atoms with Gasteiger partial charge in [-0.2, -0.15) is 0 Å². The number of carbonyl (C=O) groups excluding carboxylic acids is 2. The van der Waals surface area contributed by atoms with Crippen LogP contribution in [0.15, 0.2) is 42.5 Å². The maximum absolute atomic E-state index is 12.7. The molecule has 3 rings (SSSR count). The third-order valence-corrected chi connectivity index (χ3v) is 5.39. The van der Waals surface area contributed by atoms with E-state index >= 15 is 0 Å². The van der Waals surface area contributed by atoms with Crippen molar-refractivity contribution in [2.45, 2.75) is 32.2 Å². The van der Waals surface area contributed by atoms with E-state index in [1.54, 1.807) is 37.4 Å². The molecule has 2 aromatic carbocycles. The summed E-state index contributed by atoms with van der Waals surface area (Å²) < 4.78 is 10.7. The van der Waals surface area contributed by atoms with Crippen LogP contribution in [0.4, 0.5) is 0 Å². The molecule has 1 N–H and O–H groups in total. The molecule has 1 fully saturated rings. The Morgan fingerprint density at radius 3 is 2.47 bits per heavy atom. The van der Waals surface area contributed by atoms with Crippen molar-refractivity contribution in [1.82, 2.24) is 10.2 Å². The predicted molar refractivity (Wildman–Crippen MR) is 116 cm³/mol. The van der Waals surface area contributed by atoms with Crippen molar-refractivity contribution in [2.75, 3.05) is 26.8 Å². The van der Waals surface area contributed by atoms with Crippen molar-refractivity contribution in [2.24, 2.45) is 0 Å². The van der Waals surface area contributed by atoms with Crippen LogP contribution < -0.4 is 14.8 Å². The lowest BCUT2D eigenvalue weighted by Crippen LogP contribution is -2.46. The van der Waals surface area contributed by atoms with E-state index in [-0.39, 0.29) is 24.3 Å². The second-order valence-corrected chi connectivity index (χ2v) is 7.66. The number of ether oxygens (including phenoxy) is 2. The Morgan fingerprint density at radius 2 is 1.83 bits per heavy atom. The van der Waals surface area contributed by atoms with Crippen molar-refractivity contribution in [1.29, 1.82) is 0 Å². The molecular weight excluding hydrogens is 404 g/mol. The number of likely N-dealkylation sites (tertiary alicyclic amines) is 1. The second-order valence-electron chi connectivity index (χ2n) is 7.22. The number of halogens is 1. The zero-order chi connectivity index (χ0) is 21.5. The Hall–Kier alpha value is -2.73. The quantitative estimate of drug-likeness (QED) is 0.727. The normalized spacial score (nSPS) is 14.3. The Bertz CT molecular complexity index is 877. The number of hydrogen-bond donors (Lipinski definition) is 1. The van der Waals surface area contributed by atoms with Crippen LogP contribution >= 0.6 is 11.6 Å². The van der Waals surface area contributed by atoms with Gasteiger partial charge in [0.05, 0.1) is 20.1 Å². The van der Waals surface area contributed by atoms with Crippen LogP contribution in [0, 0.1) is 0 Å². The molecule has 0 spiro atoms. The van der Waals surface area contributed by atoms with Gasteiger partial charge in [0.25, 0.3) is 5.91 Å². The van der Waals surface area contributed by atoms with Gasteiger partial charge in [-0.3, -0.25) is 9.59 Å². The smallest absolute Gasteiger partial charge is 0.253 e. The fraction of sp³-hybridized carbons (Fsp3) is 0.391. The molecule has 160 valence electrons. The minimum absolute atomic E-state index is 0.00601. The third kappa shape index (κ3) is 5.66. The number of rotatable bonds is 7. The third-order valence-electron chi connectivity index (χ3n) is 5.15. The van der Waals surface area contributed by atoms with Crippen molar-refractivity contribution in [3.8, 4) is 11.5 Å². The number of nitrogens with zero attached hydrogens (tertiary/aromatic N) is 1. The largest absolute Gasteiger partial charge is 0.496 e. The van der Waals surface area contributed by atoms with Crippen molar-refractivity contribution >= 4 is 23.4 Å². The summed E-state index contributed by atoms with van der Waals surface area (Å²) in [7, 11) is 1.57. The van der Waals surface area contributed by atoms with Crippen LogP contribution in [-0.2, 0) is 11.2 Å². The van der Waals surface area contributed by atoms with Crippen LogP contribution in [-0.4, -0.2) is 49.6 Å². The Labute approximate surface area is 182 Å². The van der Waals surface area contributed by atoms with Gasteiger partial charge in [0.15, 0.2) is 0 Å². The van der Waals surface area contributed by atoms with Crippen LogP contribution in [0.2, 0.25) is 5.02 Å². The minimum atomic E-state index is -0.0770. The molecule has 0 bridgehead atoms.